The molecule has 0 fully saturated rings. The molecule has 0 aromatic heterocycles. The minimum Gasteiger partial charge on any atom is -0.355 e. The Labute approximate surface area is 146 Å². The van der Waals surface area contributed by atoms with Gasteiger partial charge in [0.05, 0.1) is 5.92 Å². The zero-order valence-electron chi connectivity index (χ0n) is 14.9. The number of halogens is 1. The summed E-state index contributed by atoms with van der Waals surface area (Å²) in [6.45, 7) is 6.95. The van der Waals surface area contributed by atoms with Crippen LogP contribution in [0.25, 0.3) is 0 Å². The summed E-state index contributed by atoms with van der Waals surface area (Å²) in [7, 11) is 0. The SMILES string of the molecule is CC1=C(C)C(=O)C(CCNC(=O)C(C)c2ccc(F)cc2)=C(C)C1=O. The Balaban J connectivity index is 1.98. The molecule has 0 saturated carbocycles. The third-order valence-electron chi connectivity index (χ3n) is 4.75. The van der Waals surface area contributed by atoms with E-state index in [4.69, 9.17) is 0 Å². The quantitative estimate of drug-likeness (QED) is 0.835. The number of carbonyl (C=O) groups excluding carboxylic acids is 3. The van der Waals surface area contributed by atoms with E-state index in [1.165, 1.54) is 12.1 Å². The van der Waals surface area contributed by atoms with Crippen molar-refractivity contribution in [3.63, 3.8) is 0 Å². The van der Waals surface area contributed by atoms with Crippen molar-refractivity contribution in [1.82, 2.24) is 5.32 Å². The zero-order chi connectivity index (χ0) is 18.7. The number of hydrogen-bond donors (Lipinski definition) is 1. The molecule has 1 atom stereocenters. The standard InChI is InChI=1S/C20H22FNO3/c1-11-12(2)19(24)17(14(4)18(11)23)9-10-22-20(25)13(3)15-5-7-16(21)8-6-15/h5-8,13H,9-10H2,1-4H3,(H,22,25). The molecule has 4 nitrogen and oxygen atoms in total. The number of allylic oxidation sites excluding steroid dienone is 3. The van der Waals surface area contributed by atoms with Crippen LogP contribution >= 0.6 is 0 Å². The summed E-state index contributed by atoms with van der Waals surface area (Å²) in [5.41, 5.74) is 2.58. The Morgan fingerprint density at radius 3 is 2.16 bits per heavy atom. The first-order chi connectivity index (χ1) is 11.7. The van der Waals surface area contributed by atoms with E-state index in [1.54, 1.807) is 39.8 Å². The maximum Gasteiger partial charge on any atom is 0.227 e. The van der Waals surface area contributed by atoms with E-state index in [-0.39, 0.29) is 29.8 Å². The second kappa shape index (κ2) is 7.55. The third-order valence-corrected chi connectivity index (χ3v) is 4.75. The summed E-state index contributed by atoms with van der Waals surface area (Å²) in [6, 6.07) is 5.78. The molecule has 2 rings (SSSR count). The maximum absolute atomic E-state index is 13.0. The lowest BCUT2D eigenvalue weighted by Crippen LogP contribution is -2.30. The highest BCUT2D eigenvalue weighted by Gasteiger charge is 2.27. The van der Waals surface area contributed by atoms with E-state index in [9.17, 15) is 18.8 Å². The number of Topliss-reactive ketones (excluding diaryl/α,β-unsaturated/α-hetero) is 2. The molecule has 1 N–H and O–H groups in total. The summed E-state index contributed by atoms with van der Waals surface area (Å²) >= 11 is 0. The van der Waals surface area contributed by atoms with Gasteiger partial charge in [0.1, 0.15) is 5.82 Å². The lowest BCUT2D eigenvalue weighted by Gasteiger charge is -2.19. The number of nitrogens with one attached hydrogen (secondary N) is 1. The summed E-state index contributed by atoms with van der Waals surface area (Å²) in [4.78, 5) is 36.7. The average molecular weight is 343 g/mol. The van der Waals surface area contributed by atoms with Gasteiger partial charge in [-0.1, -0.05) is 12.1 Å². The van der Waals surface area contributed by atoms with Crippen molar-refractivity contribution < 1.29 is 18.8 Å². The molecule has 25 heavy (non-hydrogen) atoms. The normalized spacial score (nSPS) is 16.4. The van der Waals surface area contributed by atoms with E-state index < -0.39 is 5.92 Å². The van der Waals surface area contributed by atoms with Crippen LogP contribution in [0, 0.1) is 5.82 Å². The molecule has 1 aliphatic rings. The van der Waals surface area contributed by atoms with E-state index in [2.05, 4.69) is 5.32 Å². The van der Waals surface area contributed by atoms with Gasteiger partial charge >= 0.3 is 0 Å². The van der Waals surface area contributed by atoms with Gasteiger partial charge in [-0.25, -0.2) is 4.39 Å². The van der Waals surface area contributed by atoms with Crippen molar-refractivity contribution in [3.8, 4) is 0 Å². The van der Waals surface area contributed by atoms with Gasteiger partial charge in [-0.15, -0.1) is 0 Å². The minimum absolute atomic E-state index is 0.113. The van der Waals surface area contributed by atoms with Gasteiger partial charge in [0.2, 0.25) is 5.91 Å². The molecule has 0 spiro atoms. The molecule has 1 aromatic carbocycles. The summed E-state index contributed by atoms with van der Waals surface area (Å²) in [5, 5.41) is 2.78. The van der Waals surface area contributed by atoms with Gasteiger partial charge in [-0.2, -0.15) is 0 Å². The van der Waals surface area contributed by atoms with E-state index in [0.717, 1.165) is 0 Å². The molecule has 1 aliphatic carbocycles. The monoisotopic (exact) mass is 343 g/mol. The van der Waals surface area contributed by atoms with Gasteiger partial charge in [0.25, 0.3) is 0 Å². The van der Waals surface area contributed by atoms with Crippen LogP contribution in [0.1, 0.15) is 45.6 Å². The summed E-state index contributed by atoms with van der Waals surface area (Å²) < 4.78 is 13.0. The Hall–Kier alpha value is -2.56. The van der Waals surface area contributed by atoms with Crippen LogP contribution in [0.4, 0.5) is 4.39 Å². The van der Waals surface area contributed by atoms with E-state index in [0.29, 0.717) is 34.3 Å². The predicted molar refractivity (Wildman–Crippen MR) is 93.5 cm³/mol. The fourth-order valence-corrected chi connectivity index (χ4v) is 2.82. The van der Waals surface area contributed by atoms with Crippen LogP contribution in [0.3, 0.4) is 0 Å². The first-order valence-electron chi connectivity index (χ1n) is 8.23. The van der Waals surface area contributed by atoms with Crippen molar-refractivity contribution >= 4 is 17.5 Å². The smallest absolute Gasteiger partial charge is 0.227 e. The maximum atomic E-state index is 13.0. The lowest BCUT2D eigenvalue weighted by molar-refractivity contribution is -0.122. The Bertz CT molecular complexity index is 788. The molecule has 0 aliphatic heterocycles. The van der Waals surface area contributed by atoms with Crippen molar-refractivity contribution in [1.29, 1.82) is 0 Å². The number of carbonyl (C=O) groups is 3. The zero-order valence-corrected chi connectivity index (χ0v) is 14.9. The lowest BCUT2D eigenvalue weighted by atomic mass is 9.84. The Kier molecular flexibility index (Phi) is 5.67. The highest BCUT2D eigenvalue weighted by Crippen LogP contribution is 2.26. The largest absolute Gasteiger partial charge is 0.355 e. The van der Waals surface area contributed by atoms with Crippen LogP contribution in [-0.2, 0) is 14.4 Å². The Morgan fingerprint density at radius 2 is 1.56 bits per heavy atom. The van der Waals surface area contributed by atoms with Gasteiger partial charge < -0.3 is 5.32 Å². The molecule has 1 amide bonds. The number of benzene rings is 1. The first-order valence-corrected chi connectivity index (χ1v) is 8.23. The van der Waals surface area contributed by atoms with Crippen LogP contribution in [0.2, 0.25) is 0 Å². The molecule has 0 heterocycles. The fraction of sp³-hybridized carbons (Fsp3) is 0.350. The van der Waals surface area contributed by atoms with Crippen LogP contribution in [-0.4, -0.2) is 24.0 Å². The summed E-state index contributed by atoms with van der Waals surface area (Å²) in [5.74, 6) is -1.22. The van der Waals surface area contributed by atoms with Crippen LogP contribution in [0.15, 0.2) is 46.6 Å². The second-order valence-corrected chi connectivity index (χ2v) is 6.33. The molecule has 132 valence electrons. The summed E-state index contributed by atoms with van der Waals surface area (Å²) in [6.07, 6.45) is 0.308. The number of amides is 1. The molecule has 5 heteroatoms. The van der Waals surface area contributed by atoms with Gasteiger partial charge in [0, 0.05) is 28.8 Å². The first kappa shape index (κ1) is 18.8. The molecule has 0 bridgehead atoms. The average Bonchev–Trinajstić information content (AvgIpc) is 2.61. The topological polar surface area (TPSA) is 63.2 Å². The second-order valence-electron chi connectivity index (χ2n) is 6.33. The van der Waals surface area contributed by atoms with Crippen molar-refractivity contribution in [2.45, 2.75) is 40.0 Å². The molecule has 1 aromatic rings. The number of ketones is 2. The predicted octanol–water partition coefficient (Wildman–Crippen LogP) is 3.24. The van der Waals surface area contributed by atoms with Crippen molar-refractivity contribution in [3.05, 3.63) is 57.9 Å². The Morgan fingerprint density at radius 1 is 1.00 bits per heavy atom. The van der Waals surface area contributed by atoms with Crippen molar-refractivity contribution in [2.24, 2.45) is 0 Å². The highest BCUT2D eigenvalue weighted by atomic mass is 19.1. The molecular formula is C20H22FNO3. The van der Waals surface area contributed by atoms with E-state index in [1.807, 2.05) is 0 Å². The fourth-order valence-electron chi connectivity index (χ4n) is 2.82. The van der Waals surface area contributed by atoms with Crippen molar-refractivity contribution in [2.75, 3.05) is 6.54 Å². The molecule has 0 saturated heterocycles. The minimum atomic E-state index is -0.428. The van der Waals surface area contributed by atoms with Crippen LogP contribution < -0.4 is 5.32 Å². The molecule has 1 unspecified atom stereocenters. The molecule has 0 radical (unpaired) electrons. The van der Waals surface area contributed by atoms with Gasteiger partial charge in [-0.05, 0) is 51.8 Å². The number of hydrogen-bond acceptors (Lipinski definition) is 3. The van der Waals surface area contributed by atoms with Crippen LogP contribution in [0.5, 0.6) is 0 Å². The van der Waals surface area contributed by atoms with Gasteiger partial charge in [-0.3, -0.25) is 14.4 Å². The van der Waals surface area contributed by atoms with Gasteiger partial charge in [0.15, 0.2) is 11.6 Å². The third kappa shape index (κ3) is 3.92. The van der Waals surface area contributed by atoms with E-state index >= 15 is 0 Å². The highest BCUT2D eigenvalue weighted by molar-refractivity contribution is 6.24. The molecular weight excluding hydrogens is 321 g/mol. The number of rotatable bonds is 5.